The SMILES string of the molecule is CCCC(=O)Nc1ccc2c(c1)C(=O)N(C)C[C@@H](OC)[C@@H](C)CN(Cc1cccc(F)c1)[C@@H](C)CO2. The van der Waals surface area contributed by atoms with Crippen molar-refractivity contribution in [2.75, 3.05) is 39.2 Å². The number of hydrogen-bond donors (Lipinski definition) is 1. The van der Waals surface area contributed by atoms with Crippen molar-refractivity contribution in [3.8, 4) is 5.75 Å². The van der Waals surface area contributed by atoms with E-state index in [0.717, 1.165) is 12.0 Å². The van der Waals surface area contributed by atoms with Crippen molar-refractivity contribution in [2.24, 2.45) is 5.92 Å². The lowest BCUT2D eigenvalue weighted by molar-refractivity contribution is -0.116. The number of carbonyl (C=O) groups excluding carboxylic acids is 2. The smallest absolute Gasteiger partial charge is 0.257 e. The Bertz CT molecular complexity index is 1050. The number of hydrogen-bond acceptors (Lipinski definition) is 5. The molecule has 0 fully saturated rings. The number of rotatable bonds is 6. The summed E-state index contributed by atoms with van der Waals surface area (Å²) in [6.07, 6.45) is 0.952. The number of anilines is 1. The van der Waals surface area contributed by atoms with Crippen LogP contribution in [-0.4, -0.2) is 67.6 Å². The molecule has 1 aliphatic rings. The van der Waals surface area contributed by atoms with Gasteiger partial charge in [-0.2, -0.15) is 0 Å². The fourth-order valence-corrected chi connectivity index (χ4v) is 4.47. The summed E-state index contributed by atoms with van der Waals surface area (Å²) < 4.78 is 25.8. The van der Waals surface area contributed by atoms with Crippen LogP contribution in [0.2, 0.25) is 0 Å². The summed E-state index contributed by atoms with van der Waals surface area (Å²) in [4.78, 5) is 29.4. The molecule has 0 saturated carbocycles. The van der Waals surface area contributed by atoms with E-state index in [1.54, 1.807) is 49.4 Å². The van der Waals surface area contributed by atoms with Crippen molar-refractivity contribution in [1.29, 1.82) is 0 Å². The Morgan fingerprint density at radius 2 is 1.97 bits per heavy atom. The monoisotopic (exact) mass is 499 g/mol. The fourth-order valence-electron chi connectivity index (χ4n) is 4.47. The van der Waals surface area contributed by atoms with E-state index in [1.807, 2.05) is 13.0 Å². The van der Waals surface area contributed by atoms with Gasteiger partial charge in [-0.15, -0.1) is 0 Å². The van der Waals surface area contributed by atoms with Gasteiger partial charge in [0.2, 0.25) is 5.91 Å². The van der Waals surface area contributed by atoms with Gasteiger partial charge in [-0.25, -0.2) is 4.39 Å². The van der Waals surface area contributed by atoms with Gasteiger partial charge < -0.3 is 19.7 Å². The third kappa shape index (κ3) is 7.27. The van der Waals surface area contributed by atoms with Gasteiger partial charge in [-0.3, -0.25) is 14.5 Å². The number of halogens is 1. The van der Waals surface area contributed by atoms with Crippen LogP contribution in [-0.2, 0) is 16.1 Å². The van der Waals surface area contributed by atoms with Crippen LogP contribution in [0.15, 0.2) is 42.5 Å². The van der Waals surface area contributed by atoms with E-state index in [2.05, 4.69) is 24.1 Å². The maximum absolute atomic E-state index is 13.8. The molecular weight excluding hydrogens is 461 g/mol. The number of nitrogens with zero attached hydrogens (tertiary/aromatic N) is 2. The highest BCUT2D eigenvalue weighted by atomic mass is 19.1. The maximum atomic E-state index is 13.8. The molecule has 7 nitrogen and oxygen atoms in total. The summed E-state index contributed by atoms with van der Waals surface area (Å²) in [5.74, 6) is 0.00247. The molecule has 0 saturated heterocycles. The molecule has 0 aromatic heterocycles. The quantitative estimate of drug-likeness (QED) is 0.631. The molecule has 36 heavy (non-hydrogen) atoms. The lowest BCUT2D eigenvalue weighted by Gasteiger charge is -2.36. The minimum Gasteiger partial charge on any atom is -0.491 e. The minimum absolute atomic E-state index is 0.0164. The molecule has 1 N–H and O–H groups in total. The fraction of sp³-hybridized carbons (Fsp3) is 0.500. The van der Waals surface area contributed by atoms with Gasteiger partial charge in [0.1, 0.15) is 18.2 Å². The van der Waals surface area contributed by atoms with Gasteiger partial charge in [-0.05, 0) is 55.2 Å². The zero-order chi connectivity index (χ0) is 26.2. The molecule has 3 rings (SSSR count). The van der Waals surface area contributed by atoms with E-state index in [-0.39, 0.29) is 35.7 Å². The summed E-state index contributed by atoms with van der Waals surface area (Å²) in [5, 5.41) is 2.86. The summed E-state index contributed by atoms with van der Waals surface area (Å²) in [6, 6.07) is 11.8. The van der Waals surface area contributed by atoms with Crippen LogP contribution in [0.4, 0.5) is 10.1 Å². The summed E-state index contributed by atoms with van der Waals surface area (Å²) in [7, 11) is 3.40. The number of benzene rings is 2. The first-order valence-electron chi connectivity index (χ1n) is 12.5. The molecule has 3 atom stereocenters. The molecule has 0 bridgehead atoms. The second-order valence-corrected chi connectivity index (χ2v) is 9.67. The molecule has 0 radical (unpaired) electrons. The number of fused-ring (bicyclic) bond motifs is 1. The van der Waals surface area contributed by atoms with Crippen LogP contribution in [0.1, 0.15) is 49.5 Å². The van der Waals surface area contributed by atoms with E-state index in [0.29, 0.717) is 49.7 Å². The van der Waals surface area contributed by atoms with E-state index in [9.17, 15) is 14.0 Å². The van der Waals surface area contributed by atoms with Crippen LogP contribution in [0.5, 0.6) is 5.75 Å². The standard InChI is InChI=1S/C28H38FN3O4/c1-6-8-27(33)30-23-11-12-25-24(14-23)28(34)31(4)17-26(35-5)19(2)15-32(20(3)18-36-25)16-21-9-7-10-22(29)13-21/h7,9-14,19-20,26H,6,8,15-18H2,1-5H3,(H,30,33)/t19-,20-,26+/m0/s1. The Kier molecular flexibility index (Phi) is 9.84. The molecule has 2 aromatic rings. The third-order valence-electron chi connectivity index (χ3n) is 6.61. The van der Waals surface area contributed by atoms with Gasteiger partial charge in [-0.1, -0.05) is 26.0 Å². The van der Waals surface area contributed by atoms with Crippen molar-refractivity contribution in [2.45, 2.75) is 52.3 Å². The average Bonchev–Trinajstić information content (AvgIpc) is 2.84. The van der Waals surface area contributed by atoms with Crippen molar-refractivity contribution in [3.05, 3.63) is 59.4 Å². The molecule has 1 aliphatic heterocycles. The third-order valence-corrected chi connectivity index (χ3v) is 6.61. The summed E-state index contributed by atoms with van der Waals surface area (Å²) in [5.41, 5.74) is 1.83. The van der Waals surface area contributed by atoms with Crippen LogP contribution >= 0.6 is 0 Å². The van der Waals surface area contributed by atoms with Gasteiger partial charge >= 0.3 is 0 Å². The topological polar surface area (TPSA) is 71.1 Å². The summed E-state index contributed by atoms with van der Waals surface area (Å²) >= 11 is 0. The number of amides is 2. The average molecular weight is 500 g/mol. The maximum Gasteiger partial charge on any atom is 0.257 e. The van der Waals surface area contributed by atoms with Crippen molar-refractivity contribution in [1.82, 2.24) is 9.80 Å². The number of likely N-dealkylation sites (N-methyl/N-ethyl adjacent to an activating group) is 1. The van der Waals surface area contributed by atoms with Gasteiger partial charge in [0.25, 0.3) is 5.91 Å². The van der Waals surface area contributed by atoms with Crippen LogP contribution in [0, 0.1) is 11.7 Å². The predicted molar refractivity (Wildman–Crippen MR) is 139 cm³/mol. The van der Waals surface area contributed by atoms with Gasteiger partial charge in [0.15, 0.2) is 0 Å². The largest absolute Gasteiger partial charge is 0.491 e. The molecular formula is C28H38FN3O4. The number of nitrogens with one attached hydrogen (secondary N) is 1. The first-order chi connectivity index (χ1) is 17.2. The van der Waals surface area contributed by atoms with E-state index in [1.165, 1.54) is 6.07 Å². The molecule has 0 aliphatic carbocycles. The highest BCUT2D eigenvalue weighted by Gasteiger charge is 2.28. The number of ether oxygens (including phenoxy) is 2. The second-order valence-electron chi connectivity index (χ2n) is 9.67. The van der Waals surface area contributed by atoms with Gasteiger partial charge in [0.05, 0.1) is 11.7 Å². The number of methoxy groups -OCH3 is 1. The second kappa shape index (κ2) is 12.8. The Morgan fingerprint density at radius 3 is 2.67 bits per heavy atom. The van der Waals surface area contributed by atoms with E-state index >= 15 is 0 Å². The predicted octanol–water partition coefficient (Wildman–Crippen LogP) is 4.57. The number of carbonyl (C=O) groups is 2. The first-order valence-corrected chi connectivity index (χ1v) is 12.5. The molecule has 0 unspecified atom stereocenters. The van der Waals surface area contributed by atoms with E-state index in [4.69, 9.17) is 9.47 Å². The molecule has 196 valence electrons. The Labute approximate surface area is 213 Å². The molecule has 2 amide bonds. The zero-order valence-electron chi connectivity index (χ0n) is 21.9. The zero-order valence-corrected chi connectivity index (χ0v) is 21.9. The van der Waals surface area contributed by atoms with Crippen LogP contribution in [0.3, 0.4) is 0 Å². The first kappa shape index (κ1) is 27.6. The van der Waals surface area contributed by atoms with E-state index < -0.39 is 0 Å². The normalized spacial score (nSPS) is 21.7. The lowest BCUT2D eigenvalue weighted by Crippen LogP contribution is -2.46. The summed E-state index contributed by atoms with van der Waals surface area (Å²) in [6.45, 7) is 8.09. The Balaban J connectivity index is 1.92. The lowest BCUT2D eigenvalue weighted by atomic mass is 10.0. The van der Waals surface area contributed by atoms with Crippen LogP contribution in [0.25, 0.3) is 0 Å². The van der Waals surface area contributed by atoms with Gasteiger partial charge in [0, 0.05) is 51.9 Å². The van der Waals surface area contributed by atoms with Crippen molar-refractivity contribution < 1.29 is 23.5 Å². The Morgan fingerprint density at radius 1 is 1.19 bits per heavy atom. The van der Waals surface area contributed by atoms with Crippen molar-refractivity contribution >= 4 is 17.5 Å². The molecule has 2 aromatic carbocycles. The molecule has 1 heterocycles. The molecule has 8 heteroatoms. The highest BCUT2D eigenvalue weighted by Crippen LogP contribution is 2.27. The molecule has 0 spiro atoms. The van der Waals surface area contributed by atoms with Crippen molar-refractivity contribution in [3.63, 3.8) is 0 Å². The van der Waals surface area contributed by atoms with Crippen LogP contribution < -0.4 is 10.1 Å². The highest BCUT2D eigenvalue weighted by molar-refractivity contribution is 5.99. The minimum atomic E-state index is -0.260. The Hall–Kier alpha value is -2.97.